The quantitative estimate of drug-likeness (QED) is 0.585. The number of nitriles is 1. The first kappa shape index (κ1) is 13.7. The summed E-state index contributed by atoms with van der Waals surface area (Å²) in [5.74, 6) is 3.20. The summed E-state index contributed by atoms with van der Waals surface area (Å²) in [6.07, 6.45) is 5.83. The van der Waals surface area contributed by atoms with E-state index in [2.05, 4.69) is 12.6 Å². The van der Waals surface area contributed by atoms with E-state index in [9.17, 15) is 4.79 Å². The average Bonchev–Trinajstić information content (AvgIpc) is 3.08. The lowest BCUT2D eigenvalue weighted by molar-refractivity contribution is -0.158. The van der Waals surface area contributed by atoms with Gasteiger partial charge in [0.15, 0.2) is 0 Å². The molecule has 3 saturated carbocycles. The first-order chi connectivity index (χ1) is 9.46. The molecule has 3 nitrogen and oxygen atoms in total. The molecule has 6 atom stereocenters. The Bertz CT molecular complexity index is 476. The van der Waals surface area contributed by atoms with Gasteiger partial charge < -0.3 is 4.74 Å². The molecular formula is C17H23NO2. The first-order valence-electron chi connectivity index (χ1n) is 7.71. The summed E-state index contributed by atoms with van der Waals surface area (Å²) in [6, 6.07) is 2.46. The molecule has 3 aliphatic rings. The Labute approximate surface area is 121 Å². The molecule has 0 saturated heterocycles. The number of ether oxygens (including phenoxy) is 1. The number of esters is 1. The van der Waals surface area contributed by atoms with Crippen LogP contribution in [-0.2, 0) is 9.53 Å². The van der Waals surface area contributed by atoms with Gasteiger partial charge in [0.2, 0.25) is 0 Å². The Balaban J connectivity index is 1.74. The predicted molar refractivity (Wildman–Crippen MR) is 75.4 cm³/mol. The van der Waals surface area contributed by atoms with Crippen molar-refractivity contribution in [2.75, 3.05) is 0 Å². The summed E-state index contributed by atoms with van der Waals surface area (Å²) in [5.41, 5.74) is -0.416. The number of carbonyl (C=O) groups is 1. The van der Waals surface area contributed by atoms with E-state index in [-0.39, 0.29) is 11.9 Å². The molecule has 0 aromatic rings. The van der Waals surface area contributed by atoms with Crippen LogP contribution in [0.25, 0.3) is 0 Å². The van der Waals surface area contributed by atoms with E-state index in [1.54, 1.807) is 0 Å². The summed E-state index contributed by atoms with van der Waals surface area (Å²) in [4.78, 5) is 11.5. The second-order valence-electron chi connectivity index (χ2n) is 7.36. The van der Waals surface area contributed by atoms with E-state index in [1.165, 1.54) is 12.5 Å². The number of hydrogen-bond acceptors (Lipinski definition) is 3. The Morgan fingerprint density at radius 2 is 1.95 bits per heavy atom. The van der Waals surface area contributed by atoms with Crippen molar-refractivity contribution in [3.8, 4) is 6.07 Å². The average molecular weight is 273 g/mol. The first-order valence-corrected chi connectivity index (χ1v) is 7.71. The summed E-state index contributed by atoms with van der Waals surface area (Å²) >= 11 is 0. The molecule has 6 unspecified atom stereocenters. The zero-order valence-electron chi connectivity index (χ0n) is 12.3. The fraction of sp³-hybridized carbons (Fsp3) is 0.765. The molecule has 0 N–H and O–H groups in total. The second-order valence-corrected chi connectivity index (χ2v) is 7.36. The smallest absolute Gasteiger partial charge is 0.330 e. The number of nitrogens with zero attached hydrogens (tertiary/aromatic N) is 1. The number of carbonyl (C=O) groups excluding carboxylic acids is 1. The van der Waals surface area contributed by atoms with E-state index < -0.39 is 5.60 Å². The topological polar surface area (TPSA) is 50.1 Å². The molecule has 0 amide bonds. The predicted octanol–water partition coefficient (Wildman–Crippen LogP) is 3.32. The lowest BCUT2D eigenvalue weighted by Gasteiger charge is -2.40. The molecule has 3 aliphatic carbocycles. The number of fused-ring (bicyclic) bond motifs is 5. The summed E-state index contributed by atoms with van der Waals surface area (Å²) in [6.45, 7) is 7.55. The van der Waals surface area contributed by atoms with Crippen LogP contribution in [0, 0.1) is 46.8 Å². The maximum Gasteiger partial charge on any atom is 0.330 e. The Morgan fingerprint density at radius 1 is 1.25 bits per heavy atom. The molecular weight excluding hydrogens is 250 g/mol. The van der Waals surface area contributed by atoms with Crippen molar-refractivity contribution < 1.29 is 9.53 Å². The summed E-state index contributed by atoms with van der Waals surface area (Å²) in [7, 11) is 0. The van der Waals surface area contributed by atoms with Gasteiger partial charge in [0.25, 0.3) is 0 Å². The van der Waals surface area contributed by atoms with E-state index in [4.69, 9.17) is 10.00 Å². The van der Waals surface area contributed by atoms with E-state index >= 15 is 0 Å². The van der Waals surface area contributed by atoms with Gasteiger partial charge in [0.05, 0.1) is 6.07 Å². The van der Waals surface area contributed by atoms with Crippen LogP contribution in [0.3, 0.4) is 0 Å². The highest BCUT2D eigenvalue weighted by Crippen LogP contribution is 2.64. The monoisotopic (exact) mass is 273 g/mol. The minimum absolute atomic E-state index is 0.257. The molecule has 108 valence electrons. The molecule has 0 aromatic heterocycles. The SMILES string of the molecule is C=CC(=O)OC(C)(C)C1CC2CC1C1CC(C#N)CC21. The molecule has 20 heavy (non-hydrogen) atoms. The van der Waals surface area contributed by atoms with Crippen molar-refractivity contribution in [1.82, 2.24) is 0 Å². The minimum Gasteiger partial charge on any atom is -0.456 e. The molecule has 0 radical (unpaired) electrons. The Kier molecular flexibility index (Phi) is 3.16. The van der Waals surface area contributed by atoms with Gasteiger partial charge in [-0.1, -0.05) is 6.58 Å². The van der Waals surface area contributed by atoms with Crippen LogP contribution < -0.4 is 0 Å². The normalized spacial score (nSPS) is 42.0. The van der Waals surface area contributed by atoms with Gasteiger partial charge >= 0.3 is 5.97 Å². The summed E-state index contributed by atoms with van der Waals surface area (Å²) in [5, 5.41) is 9.16. The fourth-order valence-corrected chi connectivity index (χ4v) is 5.35. The fourth-order valence-electron chi connectivity index (χ4n) is 5.35. The van der Waals surface area contributed by atoms with Gasteiger partial charge in [-0.2, -0.15) is 5.26 Å². The van der Waals surface area contributed by atoms with Crippen LogP contribution in [0.4, 0.5) is 0 Å². The lowest BCUT2D eigenvalue weighted by Crippen LogP contribution is -2.42. The van der Waals surface area contributed by atoms with Crippen LogP contribution in [0.2, 0.25) is 0 Å². The maximum absolute atomic E-state index is 11.5. The van der Waals surface area contributed by atoms with Crippen molar-refractivity contribution in [3.63, 3.8) is 0 Å². The van der Waals surface area contributed by atoms with Gasteiger partial charge in [0.1, 0.15) is 5.60 Å². The van der Waals surface area contributed by atoms with E-state index in [0.717, 1.165) is 31.1 Å². The molecule has 3 fully saturated rings. The van der Waals surface area contributed by atoms with Crippen molar-refractivity contribution in [1.29, 1.82) is 5.26 Å². The summed E-state index contributed by atoms with van der Waals surface area (Å²) < 4.78 is 5.60. The molecule has 3 rings (SSSR count). The van der Waals surface area contributed by atoms with Gasteiger partial charge in [-0.3, -0.25) is 0 Å². The van der Waals surface area contributed by atoms with Crippen molar-refractivity contribution in [2.45, 2.75) is 45.1 Å². The van der Waals surface area contributed by atoms with Crippen molar-refractivity contribution >= 4 is 5.97 Å². The van der Waals surface area contributed by atoms with E-state index in [1.807, 2.05) is 13.8 Å². The van der Waals surface area contributed by atoms with Gasteiger partial charge in [-0.25, -0.2) is 4.79 Å². The zero-order chi connectivity index (χ0) is 14.5. The van der Waals surface area contributed by atoms with Crippen LogP contribution in [0.5, 0.6) is 0 Å². The standard InChI is InChI=1S/C17H23NO2/c1-4-16(19)20-17(2,3)15-8-11-7-14(15)13-6-10(9-18)5-12(11)13/h4,10-15H,1,5-8H2,2-3H3. The second kappa shape index (κ2) is 4.62. The van der Waals surface area contributed by atoms with Crippen molar-refractivity contribution in [3.05, 3.63) is 12.7 Å². The van der Waals surface area contributed by atoms with Gasteiger partial charge in [-0.05, 0) is 63.2 Å². The highest BCUT2D eigenvalue weighted by atomic mass is 16.6. The lowest BCUT2D eigenvalue weighted by atomic mass is 9.70. The Hall–Kier alpha value is -1.30. The van der Waals surface area contributed by atoms with Crippen LogP contribution in [0.1, 0.15) is 39.5 Å². The highest BCUT2D eigenvalue weighted by Gasteiger charge is 2.59. The minimum atomic E-state index is -0.416. The van der Waals surface area contributed by atoms with E-state index in [0.29, 0.717) is 17.8 Å². The van der Waals surface area contributed by atoms with Crippen LogP contribution >= 0.6 is 0 Å². The van der Waals surface area contributed by atoms with Crippen LogP contribution in [-0.4, -0.2) is 11.6 Å². The van der Waals surface area contributed by atoms with Crippen molar-refractivity contribution in [2.24, 2.45) is 35.5 Å². The molecule has 0 spiro atoms. The molecule has 3 heteroatoms. The van der Waals surface area contributed by atoms with Gasteiger partial charge in [0, 0.05) is 17.9 Å². The third-order valence-electron chi connectivity index (χ3n) is 6.07. The largest absolute Gasteiger partial charge is 0.456 e. The molecule has 2 bridgehead atoms. The highest BCUT2D eigenvalue weighted by molar-refractivity contribution is 5.81. The zero-order valence-corrected chi connectivity index (χ0v) is 12.3. The maximum atomic E-state index is 11.5. The molecule has 0 aromatic carbocycles. The third-order valence-corrected chi connectivity index (χ3v) is 6.07. The Morgan fingerprint density at radius 3 is 2.60 bits per heavy atom. The van der Waals surface area contributed by atoms with Crippen LogP contribution in [0.15, 0.2) is 12.7 Å². The number of hydrogen-bond donors (Lipinski definition) is 0. The molecule has 0 aliphatic heterocycles. The third kappa shape index (κ3) is 1.97. The number of rotatable bonds is 3. The molecule has 0 heterocycles. The van der Waals surface area contributed by atoms with Gasteiger partial charge in [-0.15, -0.1) is 0 Å².